The summed E-state index contributed by atoms with van der Waals surface area (Å²) in [7, 11) is 0. The standard InChI is InChI=1S/C15H29NO/c1-12(2)11-17-10-9-16-15-7-5-14(6-8-15)13(3)4/h13-16H,1,5-11H2,2-4H3. The van der Waals surface area contributed by atoms with Crippen LogP contribution in [-0.2, 0) is 4.74 Å². The lowest BCUT2D eigenvalue weighted by Crippen LogP contribution is -2.36. The molecule has 0 heterocycles. The fourth-order valence-corrected chi connectivity index (χ4v) is 2.57. The maximum absolute atomic E-state index is 5.48. The van der Waals surface area contributed by atoms with Crippen LogP contribution >= 0.6 is 0 Å². The van der Waals surface area contributed by atoms with Crippen molar-refractivity contribution in [2.45, 2.75) is 52.5 Å². The summed E-state index contributed by atoms with van der Waals surface area (Å²) < 4.78 is 5.48. The second-order valence-corrected chi connectivity index (χ2v) is 5.82. The van der Waals surface area contributed by atoms with Crippen molar-refractivity contribution < 1.29 is 4.74 Å². The molecule has 1 fully saturated rings. The number of hydrogen-bond donors (Lipinski definition) is 1. The molecule has 0 aromatic heterocycles. The Morgan fingerprint density at radius 1 is 1.29 bits per heavy atom. The van der Waals surface area contributed by atoms with E-state index in [2.05, 4.69) is 25.7 Å². The highest BCUT2D eigenvalue weighted by molar-refractivity contribution is 4.87. The SMILES string of the molecule is C=C(C)COCCNC1CCC(C(C)C)CC1. The average molecular weight is 239 g/mol. The van der Waals surface area contributed by atoms with Gasteiger partial charge in [0.1, 0.15) is 0 Å². The topological polar surface area (TPSA) is 21.3 Å². The van der Waals surface area contributed by atoms with Gasteiger partial charge in [0.2, 0.25) is 0 Å². The Morgan fingerprint density at radius 3 is 2.47 bits per heavy atom. The largest absolute Gasteiger partial charge is 0.376 e. The zero-order chi connectivity index (χ0) is 12.7. The lowest BCUT2D eigenvalue weighted by atomic mass is 9.80. The van der Waals surface area contributed by atoms with Crippen molar-refractivity contribution in [1.29, 1.82) is 0 Å². The maximum Gasteiger partial charge on any atom is 0.0672 e. The summed E-state index contributed by atoms with van der Waals surface area (Å²) in [6.45, 7) is 13.0. The molecule has 2 nitrogen and oxygen atoms in total. The normalized spacial score (nSPS) is 25.2. The molecule has 1 N–H and O–H groups in total. The molecule has 0 atom stereocenters. The molecule has 17 heavy (non-hydrogen) atoms. The van der Waals surface area contributed by atoms with Crippen LogP contribution in [0, 0.1) is 11.8 Å². The first kappa shape index (κ1) is 14.7. The molecule has 0 aliphatic heterocycles. The van der Waals surface area contributed by atoms with Gasteiger partial charge in [-0.05, 0) is 44.4 Å². The van der Waals surface area contributed by atoms with Gasteiger partial charge in [-0.1, -0.05) is 26.0 Å². The monoisotopic (exact) mass is 239 g/mol. The van der Waals surface area contributed by atoms with E-state index in [0.717, 1.165) is 36.6 Å². The van der Waals surface area contributed by atoms with E-state index in [-0.39, 0.29) is 0 Å². The first-order chi connectivity index (χ1) is 8.09. The summed E-state index contributed by atoms with van der Waals surface area (Å²) >= 11 is 0. The van der Waals surface area contributed by atoms with Crippen LogP contribution < -0.4 is 5.32 Å². The minimum Gasteiger partial charge on any atom is -0.376 e. The van der Waals surface area contributed by atoms with Crippen LogP contribution in [0.3, 0.4) is 0 Å². The Labute approximate surface area is 107 Å². The third-order valence-corrected chi connectivity index (χ3v) is 3.74. The van der Waals surface area contributed by atoms with Crippen molar-refractivity contribution in [3.05, 3.63) is 12.2 Å². The fraction of sp³-hybridized carbons (Fsp3) is 0.867. The van der Waals surface area contributed by atoms with E-state index in [4.69, 9.17) is 4.74 Å². The molecule has 0 bridgehead atoms. The molecule has 0 unspecified atom stereocenters. The molecule has 2 heteroatoms. The first-order valence-corrected chi connectivity index (χ1v) is 7.05. The van der Waals surface area contributed by atoms with Crippen molar-refractivity contribution >= 4 is 0 Å². The van der Waals surface area contributed by atoms with Crippen molar-refractivity contribution in [2.75, 3.05) is 19.8 Å². The predicted molar refractivity (Wildman–Crippen MR) is 74.2 cm³/mol. The van der Waals surface area contributed by atoms with Crippen LogP contribution in [0.2, 0.25) is 0 Å². The van der Waals surface area contributed by atoms with Gasteiger partial charge >= 0.3 is 0 Å². The Hall–Kier alpha value is -0.340. The molecular formula is C15H29NO. The Bertz CT molecular complexity index is 217. The zero-order valence-electron chi connectivity index (χ0n) is 11.8. The van der Waals surface area contributed by atoms with E-state index in [1.165, 1.54) is 25.7 Å². The lowest BCUT2D eigenvalue weighted by molar-refractivity contribution is 0.149. The quantitative estimate of drug-likeness (QED) is 0.543. The summed E-state index contributed by atoms with van der Waals surface area (Å²) in [4.78, 5) is 0. The summed E-state index contributed by atoms with van der Waals surface area (Å²) in [6.07, 6.45) is 5.45. The minimum absolute atomic E-state index is 0.696. The van der Waals surface area contributed by atoms with Gasteiger partial charge in [-0.3, -0.25) is 0 Å². The van der Waals surface area contributed by atoms with Gasteiger partial charge in [0, 0.05) is 12.6 Å². The van der Waals surface area contributed by atoms with Gasteiger partial charge in [-0.25, -0.2) is 0 Å². The molecule has 1 saturated carbocycles. The summed E-state index contributed by atoms with van der Waals surface area (Å²) in [5.74, 6) is 1.81. The van der Waals surface area contributed by atoms with E-state index in [1.54, 1.807) is 0 Å². The average Bonchev–Trinajstić information content (AvgIpc) is 2.29. The molecular weight excluding hydrogens is 210 g/mol. The Balaban J connectivity index is 2.01. The predicted octanol–water partition coefficient (Wildman–Crippen LogP) is 3.38. The van der Waals surface area contributed by atoms with Crippen LogP contribution in [0.4, 0.5) is 0 Å². The van der Waals surface area contributed by atoms with E-state index >= 15 is 0 Å². The molecule has 0 saturated heterocycles. The molecule has 1 rings (SSSR count). The molecule has 1 aliphatic carbocycles. The van der Waals surface area contributed by atoms with E-state index < -0.39 is 0 Å². The van der Waals surface area contributed by atoms with Gasteiger partial charge in [0.05, 0.1) is 13.2 Å². The highest BCUT2D eigenvalue weighted by Crippen LogP contribution is 2.29. The third kappa shape index (κ3) is 6.23. The van der Waals surface area contributed by atoms with Gasteiger partial charge in [0.15, 0.2) is 0 Å². The molecule has 0 radical (unpaired) electrons. The Morgan fingerprint density at radius 2 is 1.94 bits per heavy atom. The van der Waals surface area contributed by atoms with E-state index in [1.807, 2.05) is 6.92 Å². The third-order valence-electron chi connectivity index (χ3n) is 3.74. The lowest BCUT2D eigenvalue weighted by Gasteiger charge is -2.31. The molecule has 100 valence electrons. The van der Waals surface area contributed by atoms with Crippen LogP contribution in [0.1, 0.15) is 46.5 Å². The van der Waals surface area contributed by atoms with Crippen LogP contribution in [0.5, 0.6) is 0 Å². The van der Waals surface area contributed by atoms with Crippen molar-refractivity contribution in [2.24, 2.45) is 11.8 Å². The molecule has 0 amide bonds. The number of rotatable bonds is 7. The first-order valence-electron chi connectivity index (χ1n) is 7.05. The van der Waals surface area contributed by atoms with Crippen LogP contribution in [0.15, 0.2) is 12.2 Å². The fourth-order valence-electron chi connectivity index (χ4n) is 2.57. The van der Waals surface area contributed by atoms with Crippen molar-refractivity contribution in [1.82, 2.24) is 5.32 Å². The number of nitrogens with one attached hydrogen (secondary N) is 1. The van der Waals surface area contributed by atoms with Gasteiger partial charge in [-0.15, -0.1) is 0 Å². The zero-order valence-corrected chi connectivity index (χ0v) is 11.8. The number of ether oxygens (including phenoxy) is 1. The van der Waals surface area contributed by atoms with Gasteiger partial charge in [0.25, 0.3) is 0 Å². The highest BCUT2D eigenvalue weighted by atomic mass is 16.5. The van der Waals surface area contributed by atoms with Gasteiger partial charge in [-0.2, -0.15) is 0 Å². The molecule has 0 aromatic rings. The second-order valence-electron chi connectivity index (χ2n) is 5.82. The van der Waals surface area contributed by atoms with E-state index in [0.29, 0.717) is 6.61 Å². The molecule has 1 aliphatic rings. The summed E-state index contributed by atoms with van der Waals surface area (Å²) in [6, 6.07) is 0.721. The van der Waals surface area contributed by atoms with Crippen molar-refractivity contribution in [3.8, 4) is 0 Å². The maximum atomic E-state index is 5.48. The number of hydrogen-bond acceptors (Lipinski definition) is 2. The smallest absolute Gasteiger partial charge is 0.0672 e. The highest BCUT2D eigenvalue weighted by Gasteiger charge is 2.22. The van der Waals surface area contributed by atoms with Crippen LogP contribution in [0.25, 0.3) is 0 Å². The van der Waals surface area contributed by atoms with Crippen molar-refractivity contribution in [3.63, 3.8) is 0 Å². The Kier molecular flexibility index (Phi) is 6.83. The minimum atomic E-state index is 0.696. The van der Waals surface area contributed by atoms with Gasteiger partial charge < -0.3 is 10.1 Å². The molecule has 0 spiro atoms. The van der Waals surface area contributed by atoms with E-state index in [9.17, 15) is 0 Å². The summed E-state index contributed by atoms with van der Waals surface area (Å²) in [5.41, 5.74) is 1.10. The van der Waals surface area contributed by atoms with Crippen LogP contribution in [-0.4, -0.2) is 25.8 Å². The second kappa shape index (κ2) is 7.88. The summed E-state index contributed by atoms with van der Waals surface area (Å²) in [5, 5.41) is 3.60. The molecule has 0 aromatic carbocycles.